The summed E-state index contributed by atoms with van der Waals surface area (Å²) in [6.45, 7) is 4.04. The SMILES string of the molecule is FC(F)(F)c1cccnc1N1CCN(CCCCOc2cnc3c(n2)CCCC3)CC1. The molecule has 0 amide bonds. The molecule has 0 aromatic carbocycles. The molecule has 3 heterocycles. The maximum atomic E-state index is 13.2. The van der Waals surface area contributed by atoms with Crippen molar-refractivity contribution in [1.82, 2.24) is 19.9 Å². The van der Waals surface area contributed by atoms with Crippen LogP contribution in [0.15, 0.2) is 24.5 Å². The number of aryl methyl sites for hydroxylation is 2. The summed E-state index contributed by atoms with van der Waals surface area (Å²) in [5, 5.41) is 0. The standard InChI is InChI=1S/C22H28F3N5O/c23-22(24,25)17-6-5-9-26-21(17)30-13-11-29(12-14-30)10-3-4-15-31-20-16-27-18-7-1-2-8-19(18)28-20/h5-6,9,16H,1-4,7-8,10-15H2. The second kappa shape index (κ2) is 9.80. The molecule has 0 radical (unpaired) electrons. The molecule has 6 nitrogen and oxygen atoms in total. The summed E-state index contributed by atoms with van der Waals surface area (Å²) < 4.78 is 45.4. The molecule has 0 spiro atoms. The van der Waals surface area contributed by atoms with Gasteiger partial charge in [0, 0.05) is 32.4 Å². The molecule has 0 bridgehead atoms. The van der Waals surface area contributed by atoms with Crippen molar-refractivity contribution in [2.24, 2.45) is 0 Å². The van der Waals surface area contributed by atoms with Crippen molar-refractivity contribution in [3.8, 4) is 5.88 Å². The predicted molar refractivity (Wildman–Crippen MR) is 111 cm³/mol. The number of aromatic nitrogens is 3. The van der Waals surface area contributed by atoms with Gasteiger partial charge < -0.3 is 9.64 Å². The Morgan fingerprint density at radius 3 is 2.52 bits per heavy atom. The smallest absolute Gasteiger partial charge is 0.419 e. The van der Waals surface area contributed by atoms with Crippen molar-refractivity contribution in [2.75, 3.05) is 44.2 Å². The molecule has 0 unspecified atom stereocenters. The molecule has 2 aliphatic rings. The van der Waals surface area contributed by atoms with E-state index in [4.69, 9.17) is 4.74 Å². The highest BCUT2D eigenvalue weighted by Gasteiger charge is 2.36. The van der Waals surface area contributed by atoms with E-state index >= 15 is 0 Å². The number of rotatable bonds is 7. The normalized spacial score (nSPS) is 17.5. The van der Waals surface area contributed by atoms with E-state index in [9.17, 15) is 13.2 Å². The zero-order valence-electron chi connectivity index (χ0n) is 17.6. The monoisotopic (exact) mass is 435 g/mol. The molecule has 31 heavy (non-hydrogen) atoms. The number of pyridine rings is 1. The lowest BCUT2D eigenvalue weighted by Gasteiger charge is -2.36. The fourth-order valence-electron chi connectivity index (χ4n) is 4.17. The Hall–Kier alpha value is -2.42. The zero-order chi connectivity index (χ0) is 21.7. The summed E-state index contributed by atoms with van der Waals surface area (Å²) in [7, 11) is 0. The molecule has 168 valence electrons. The maximum absolute atomic E-state index is 13.2. The minimum atomic E-state index is -4.39. The number of nitrogens with zero attached hydrogens (tertiary/aromatic N) is 5. The van der Waals surface area contributed by atoms with Crippen LogP contribution in [-0.2, 0) is 19.0 Å². The third-order valence-electron chi connectivity index (χ3n) is 5.87. The number of hydrogen-bond acceptors (Lipinski definition) is 6. The molecule has 1 aliphatic carbocycles. The Labute approximate surface area is 180 Å². The van der Waals surface area contributed by atoms with Gasteiger partial charge in [0.1, 0.15) is 5.82 Å². The van der Waals surface area contributed by atoms with Crippen LogP contribution in [0.5, 0.6) is 5.88 Å². The first-order valence-corrected chi connectivity index (χ1v) is 11.0. The molecule has 0 saturated carbocycles. The van der Waals surface area contributed by atoms with Gasteiger partial charge in [-0.15, -0.1) is 0 Å². The highest BCUT2D eigenvalue weighted by atomic mass is 19.4. The molecule has 1 aliphatic heterocycles. The Kier molecular flexibility index (Phi) is 6.89. The largest absolute Gasteiger partial charge is 0.477 e. The molecular weight excluding hydrogens is 407 g/mol. The van der Waals surface area contributed by atoms with Crippen LogP contribution in [0.4, 0.5) is 19.0 Å². The number of halogens is 3. The van der Waals surface area contributed by atoms with E-state index in [2.05, 4.69) is 19.9 Å². The van der Waals surface area contributed by atoms with Gasteiger partial charge in [-0.2, -0.15) is 13.2 Å². The predicted octanol–water partition coefficient (Wildman–Crippen LogP) is 3.75. The van der Waals surface area contributed by atoms with Gasteiger partial charge in [0.25, 0.3) is 0 Å². The summed E-state index contributed by atoms with van der Waals surface area (Å²) in [4.78, 5) is 17.1. The van der Waals surface area contributed by atoms with Crippen LogP contribution < -0.4 is 9.64 Å². The minimum absolute atomic E-state index is 0.0363. The van der Waals surface area contributed by atoms with Crippen LogP contribution in [0.1, 0.15) is 42.6 Å². The van der Waals surface area contributed by atoms with Crippen molar-refractivity contribution >= 4 is 5.82 Å². The lowest BCUT2D eigenvalue weighted by Crippen LogP contribution is -2.47. The highest BCUT2D eigenvalue weighted by Crippen LogP contribution is 2.35. The maximum Gasteiger partial charge on any atom is 0.419 e. The second-order valence-electron chi connectivity index (χ2n) is 8.07. The topological polar surface area (TPSA) is 54.4 Å². The fourth-order valence-corrected chi connectivity index (χ4v) is 4.17. The van der Waals surface area contributed by atoms with Gasteiger partial charge in [-0.1, -0.05) is 0 Å². The molecule has 1 saturated heterocycles. The molecule has 2 aromatic heterocycles. The van der Waals surface area contributed by atoms with Gasteiger partial charge in [0.05, 0.1) is 29.8 Å². The first-order chi connectivity index (χ1) is 15.0. The van der Waals surface area contributed by atoms with Crippen LogP contribution in [0.25, 0.3) is 0 Å². The van der Waals surface area contributed by atoms with E-state index < -0.39 is 11.7 Å². The first-order valence-electron chi connectivity index (χ1n) is 11.0. The van der Waals surface area contributed by atoms with E-state index in [0.29, 0.717) is 25.6 Å². The number of unbranched alkanes of at least 4 members (excludes halogenated alkanes) is 1. The van der Waals surface area contributed by atoms with Crippen LogP contribution in [-0.4, -0.2) is 59.2 Å². The molecule has 1 fully saturated rings. The molecule has 4 rings (SSSR count). The molecule has 9 heteroatoms. The van der Waals surface area contributed by atoms with E-state index in [-0.39, 0.29) is 5.82 Å². The summed E-state index contributed by atoms with van der Waals surface area (Å²) >= 11 is 0. The number of anilines is 1. The highest BCUT2D eigenvalue weighted by molar-refractivity contribution is 5.48. The van der Waals surface area contributed by atoms with Crippen molar-refractivity contribution in [3.05, 3.63) is 41.5 Å². The number of hydrogen-bond donors (Lipinski definition) is 0. The number of piperazine rings is 1. The van der Waals surface area contributed by atoms with Crippen LogP contribution in [0.2, 0.25) is 0 Å². The van der Waals surface area contributed by atoms with Crippen LogP contribution in [0.3, 0.4) is 0 Å². The minimum Gasteiger partial charge on any atom is -0.477 e. The molecule has 0 atom stereocenters. The number of fused-ring (bicyclic) bond motifs is 1. The number of ether oxygens (including phenoxy) is 1. The van der Waals surface area contributed by atoms with Gasteiger partial charge in [-0.3, -0.25) is 9.88 Å². The van der Waals surface area contributed by atoms with E-state index in [1.807, 2.05) is 0 Å². The molecular formula is C22H28F3N5O. The summed E-state index contributed by atoms with van der Waals surface area (Å²) in [6, 6.07) is 2.43. The lowest BCUT2D eigenvalue weighted by atomic mass is 10.0. The Balaban J connectivity index is 1.17. The average Bonchev–Trinajstić information content (AvgIpc) is 2.78. The van der Waals surface area contributed by atoms with Crippen LogP contribution in [0, 0.1) is 0 Å². The summed E-state index contributed by atoms with van der Waals surface area (Å²) in [6.07, 6.45) is 4.95. The van der Waals surface area contributed by atoms with E-state index in [1.165, 1.54) is 18.7 Å². The quantitative estimate of drug-likeness (QED) is 0.618. The summed E-state index contributed by atoms with van der Waals surface area (Å²) in [5.74, 6) is 0.638. The molecule has 2 aromatic rings. The van der Waals surface area contributed by atoms with Crippen molar-refractivity contribution < 1.29 is 17.9 Å². The Morgan fingerprint density at radius 2 is 1.74 bits per heavy atom. The number of alkyl halides is 3. The van der Waals surface area contributed by atoms with E-state index in [0.717, 1.165) is 69.2 Å². The van der Waals surface area contributed by atoms with Gasteiger partial charge in [0.2, 0.25) is 5.88 Å². The summed E-state index contributed by atoms with van der Waals surface area (Å²) in [5.41, 5.74) is 1.51. The Morgan fingerprint density at radius 1 is 0.968 bits per heavy atom. The third-order valence-corrected chi connectivity index (χ3v) is 5.87. The third kappa shape index (κ3) is 5.64. The van der Waals surface area contributed by atoms with Gasteiger partial charge >= 0.3 is 6.18 Å². The first kappa shape index (κ1) is 21.8. The van der Waals surface area contributed by atoms with Gasteiger partial charge in [-0.05, 0) is 57.2 Å². The van der Waals surface area contributed by atoms with E-state index in [1.54, 1.807) is 11.1 Å². The van der Waals surface area contributed by atoms with Gasteiger partial charge in [-0.25, -0.2) is 9.97 Å². The van der Waals surface area contributed by atoms with Crippen molar-refractivity contribution in [2.45, 2.75) is 44.7 Å². The molecule has 0 N–H and O–H groups in total. The average molecular weight is 435 g/mol. The Bertz CT molecular complexity index is 868. The van der Waals surface area contributed by atoms with Crippen molar-refractivity contribution in [3.63, 3.8) is 0 Å². The van der Waals surface area contributed by atoms with Gasteiger partial charge in [0.15, 0.2) is 0 Å². The van der Waals surface area contributed by atoms with Crippen LogP contribution >= 0.6 is 0 Å². The fraction of sp³-hybridized carbons (Fsp3) is 0.591. The van der Waals surface area contributed by atoms with Crippen molar-refractivity contribution in [1.29, 1.82) is 0 Å². The zero-order valence-corrected chi connectivity index (χ0v) is 17.6. The lowest BCUT2D eigenvalue weighted by molar-refractivity contribution is -0.137. The second-order valence-corrected chi connectivity index (χ2v) is 8.07.